The summed E-state index contributed by atoms with van der Waals surface area (Å²) in [5.41, 5.74) is 0. The van der Waals surface area contributed by atoms with Crippen molar-refractivity contribution in [3.63, 3.8) is 0 Å². The molecule has 5 nitrogen and oxygen atoms in total. The largest absolute Gasteiger partial charge is 0.376 e. The molecule has 0 spiro atoms. The number of hydrogen-bond donors (Lipinski definition) is 0. The van der Waals surface area contributed by atoms with Crippen LogP contribution in [0.2, 0.25) is 0 Å². The highest BCUT2D eigenvalue weighted by atomic mass is 16.5. The van der Waals surface area contributed by atoms with E-state index in [4.69, 9.17) is 10.00 Å². The summed E-state index contributed by atoms with van der Waals surface area (Å²) < 4.78 is 5.59. The minimum Gasteiger partial charge on any atom is -0.376 e. The van der Waals surface area contributed by atoms with E-state index < -0.39 is 0 Å². The van der Waals surface area contributed by atoms with E-state index in [-0.39, 0.29) is 24.5 Å². The maximum absolute atomic E-state index is 12.4. The Morgan fingerprint density at radius 1 is 1.44 bits per heavy atom. The van der Waals surface area contributed by atoms with Gasteiger partial charge in [0.1, 0.15) is 6.04 Å². The fraction of sp³-hybridized carbons (Fsp3) is 0.846. The summed E-state index contributed by atoms with van der Waals surface area (Å²) in [5.74, 6) is 0.0899. The lowest BCUT2D eigenvalue weighted by molar-refractivity contribution is -0.136. The Bertz CT molecular complexity index is 334. The molecule has 0 N–H and O–H groups in total. The predicted octanol–water partition coefficient (Wildman–Crippen LogP) is 0.612. The van der Waals surface area contributed by atoms with Gasteiger partial charge in [-0.1, -0.05) is 0 Å². The monoisotopic (exact) mass is 251 g/mol. The number of likely N-dealkylation sites (N-methyl/N-ethyl adjacent to an activating group) is 1. The zero-order valence-corrected chi connectivity index (χ0v) is 11.0. The lowest BCUT2D eigenvalue weighted by Crippen LogP contribution is -2.46. The van der Waals surface area contributed by atoms with Crippen LogP contribution in [0.1, 0.15) is 25.7 Å². The molecule has 0 radical (unpaired) electrons. The number of carbonyl (C=O) groups is 1. The van der Waals surface area contributed by atoms with Crippen LogP contribution in [0, 0.1) is 11.3 Å². The van der Waals surface area contributed by atoms with Crippen LogP contribution in [0.25, 0.3) is 0 Å². The third-order valence-electron chi connectivity index (χ3n) is 3.80. The van der Waals surface area contributed by atoms with E-state index in [2.05, 4.69) is 6.07 Å². The Hall–Kier alpha value is -1.12. The highest BCUT2D eigenvalue weighted by Crippen LogP contribution is 2.17. The molecule has 5 heteroatoms. The van der Waals surface area contributed by atoms with Crippen molar-refractivity contribution < 1.29 is 9.53 Å². The second kappa shape index (κ2) is 6.17. The molecule has 2 heterocycles. The van der Waals surface area contributed by atoms with E-state index in [1.54, 1.807) is 0 Å². The SMILES string of the molecule is CN1CCCN(CC2CCCO2)C(=O)C1CC#N. The molecule has 0 saturated carbocycles. The molecule has 2 unspecified atom stereocenters. The maximum Gasteiger partial charge on any atom is 0.241 e. The minimum absolute atomic E-state index is 0.0899. The van der Waals surface area contributed by atoms with E-state index in [9.17, 15) is 4.79 Å². The highest BCUT2D eigenvalue weighted by Gasteiger charge is 2.32. The molecule has 1 amide bonds. The molecule has 0 aromatic heterocycles. The summed E-state index contributed by atoms with van der Waals surface area (Å²) >= 11 is 0. The van der Waals surface area contributed by atoms with Crippen molar-refractivity contribution in [2.24, 2.45) is 0 Å². The van der Waals surface area contributed by atoms with Crippen LogP contribution in [-0.4, -0.2) is 61.1 Å². The van der Waals surface area contributed by atoms with Crippen LogP contribution in [0.5, 0.6) is 0 Å². The molecule has 0 aromatic rings. The average Bonchev–Trinajstić information content (AvgIpc) is 2.82. The van der Waals surface area contributed by atoms with Crippen LogP contribution >= 0.6 is 0 Å². The van der Waals surface area contributed by atoms with Crippen LogP contribution < -0.4 is 0 Å². The van der Waals surface area contributed by atoms with Gasteiger partial charge in [-0.25, -0.2) is 0 Å². The molecule has 2 aliphatic heterocycles. The van der Waals surface area contributed by atoms with Crippen molar-refractivity contribution >= 4 is 5.91 Å². The van der Waals surface area contributed by atoms with Gasteiger partial charge in [-0.3, -0.25) is 9.69 Å². The van der Waals surface area contributed by atoms with Gasteiger partial charge in [-0.2, -0.15) is 5.26 Å². The van der Waals surface area contributed by atoms with Crippen molar-refractivity contribution in [3.8, 4) is 6.07 Å². The first-order chi connectivity index (χ1) is 8.72. The third kappa shape index (κ3) is 3.01. The zero-order valence-electron chi connectivity index (χ0n) is 11.0. The molecule has 0 bridgehead atoms. The van der Waals surface area contributed by atoms with Crippen molar-refractivity contribution in [1.82, 2.24) is 9.80 Å². The van der Waals surface area contributed by atoms with Crippen LogP contribution in [0.15, 0.2) is 0 Å². The first kappa shape index (κ1) is 13.3. The zero-order chi connectivity index (χ0) is 13.0. The number of ether oxygens (including phenoxy) is 1. The predicted molar refractivity (Wildman–Crippen MR) is 66.8 cm³/mol. The quantitative estimate of drug-likeness (QED) is 0.737. The van der Waals surface area contributed by atoms with Gasteiger partial charge in [0.05, 0.1) is 18.6 Å². The normalized spacial score (nSPS) is 30.2. The highest BCUT2D eigenvalue weighted by molar-refractivity contribution is 5.82. The van der Waals surface area contributed by atoms with Crippen molar-refractivity contribution in [2.45, 2.75) is 37.8 Å². The van der Waals surface area contributed by atoms with Gasteiger partial charge < -0.3 is 9.64 Å². The Morgan fingerprint density at radius 2 is 2.28 bits per heavy atom. The van der Waals surface area contributed by atoms with Gasteiger partial charge in [0.15, 0.2) is 0 Å². The molecule has 0 aliphatic carbocycles. The first-order valence-electron chi connectivity index (χ1n) is 6.70. The number of carbonyl (C=O) groups excluding carboxylic acids is 1. The van der Waals surface area contributed by atoms with Crippen LogP contribution in [-0.2, 0) is 9.53 Å². The van der Waals surface area contributed by atoms with E-state index in [1.807, 2.05) is 16.8 Å². The number of nitrogens with zero attached hydrogens (tertiary/aromatic N) is 3. The lowest BCUT2D eigenvalue weighted by atomic mass is 10.1. The van der Waals surface area contributed by atoms with Gasteiger partial charge in [-0.05, 0) is 26.3 Å². The smallest absolute Gasteiger partial charge is 0.241 e. The molecule has 2 atom stereocenters. The summed E-state index contributed by atoms with van der Waals surface area (Å²) in [5, 5.41) is 8.84. The molecule has 2 saturated heterocycles. The van der Waals surface area contributed by atoms with E-state index in [1.165, 1.54) is 0 Å². The van der Waals surface area contributed by atoms with Gasteiger partial charge in [0, 0.05) is 26.2 Å². The van der Waals surface area contributed by atoms with Crippen molar-refractivity contribution in [3.05, 3.63) is 0 Å². The van der Waals surface area contributed by atoms with E-state index >= 15 is 0 Å². The number of hydrogen-bond acceptors (Lipinski definition) is 4. The summed E-state index contributed by atoms with van der Waals surface area (Å²) in [6.07, 6.45) is 3.57. The summed E-state index contributed by atoms with van der Waals surface area (Å²) in [7, 11) is 1.93. The van der Waals surface area contributed by atoms with Crippen LogP contribution in [0.4, 0.5) is 0 Å². The van der Waals surface area contributed by atoms with Crippen molar-refractivity contribution in [1.29, 1.82) is 5.26 Å². The Balaban J connectivity index is 2.00. The molecule has 2 rings (SSSR count). The maximum atomic E-state index is 12.4. The summed E-state index contributed by atoms with van der Waals surface area (Å²) in [6.45, 7) is 3.16. The Morgan fingerprint density at radius 3 is 2.94 bits per heavy atom. The third-order valence-corrected chi connectivity index (χ3v) is 3.80. The van der Waals surface area contributed by atoms with E-state index in [0.717, 1.165) is 39.0 Å². The van der Waals surface area contributed by atoms with Gasteiger partial charge in [0.25, 0.3) is 0 Å². The molecule has 18 heavy (non-hydrogen) atoms. The molecule has 2 fully saturated rings. The van der Waals surface area contributed by atoms with Gasteiger partial charge in [0.2, 0.25) is 5.91 Å². The fourth-order valence-electron chi connectivity index (χ4n) is 2.72. The van der Waals surface area contributed by atoms with Gasteiger partial charge >= 0.3 is 0 Å². The number of rotatable bonds is 3. The molecular weight excluding hydrogens is 230 g/mol. The van der Waals surface area contributed by atoms with E-state index in [0.29, 0.717) is 6.54 Å². The topological polar surface area (TPSA) is 56.6 Å². The number of nitriles is 1. The number of amides is 1. The molecule has 100 valence electrons. The molecular formula is C13H21N3O2. The summed E-state index contributed by atoms with van der Waals surface area (Å²) in [4.78, 5) is 16.3. The van der Waals surface area contributed by atoms with Crippen molar-refractivity contribution in [2.75, 3.05) is 33.3 Å². The minimum atomic E-state index is -0.279. The fourth-order valence-corrected chi connectivity index (χ4v) is 2.72. The average molecular weight is 251 g/mol. The Labute approximate surface area is 108 Å². The standard InChI is InChI=1S/C13H21N3O2/c1-15-7-3-8-16(10-11-4-2-9-18-11)13(17)12(15)5-6-14/h11-12H,2-5,7-10H2,1H3. The molecule has 0 aromatic carbocycles. The van der Waals surface area contributed by atoms with Crippen LogP contribution in [0.3, 0.4) is 0 Å². The molecule has 2 aliphatic rings. The second-order valence-corrected chi connectivity index (χ2v) is 5.13. The first-order valence-corrected chi connectivity index (χ1v) is 6.70. The summed E-state index contributed by atoms with van der Waals surface area (Å²) in [6, 6.07) is 1.84. The Kier molecular flexibility index (Phi) is 4.56. The van der Waals surface area contributed by atoms with Gasteiger partial charge in [-0.15, -0.1) is 0 Å². The lowest BCUT2D eigenvalue weighted by Gasteiger charge is -2.28. The second-order valence-electron chi connectivity index (χ2n) is 5.13.